The lowest BCUT2D eigenvalue weighted by atomic mass is 9.98. The zero-order valence-corrected chi connectivity index (χ0v) is 12.6. The monoisotopic (exact) mass is 273 g/mol. The van der Waals surface area contributed by atoms with Gasteiger partial charge in [-0.15, -0.1) is 0 Å². The number of nitrogens with zero attached hydrogens (tertiary/aromatic N) is 1. The van der Waals surface area contributed by atoms with Crippen molar-refractivity contribution < 1.29 is 8.42 Å². The highest BCUT2D eigenvalue weighted by Gasteiger charge is 2.20. The highest BCUT2D eigenvalue weighted by Crippen LogP contribution is 2.16. The maximum Gasteiger partial charge on any atom is 0.242 e. The fourth-order valence-corrected chi connectivity index (χ4v) is 2.85. The first-order valence-electron chi connectivity index (χ1n) is 5.95. The van der Waals surface area contributed by atoms with Crippen LogP contribution in [0, 0.1) is 5.41 Å². The zero-order chi connectivity index (χ0) is 14.0. The Labute approximate surface area is 110 Å². The van der Waals surface area contributed by atoms with E-state index in [1.807, 2.05) is 39.4 Å². The Bertz CT molecular complexity index is 498. The summed E-state index contributed by atoms with van der Waals surface area (Å²) in [6, 6.07) is 1.70. The normalized spacial score (nSPS) is 12.9. The minimum atomic E-state index is -3.41. The minimum Gasteiger partial charge on any atom is -0.352 e. The third-order valence-electron chi connectivity index (χ3n) is 2.54. The Morgan fingerprint density at radius 2 is 1.94 bits per heavy atom. The van der Waals surface area contributed by atoms with Crippen LogP contribution in [-0.2, 0) is 23.6 Å². The highest BCUT2D eigenvalue weighted by molar-refractivity contribution is 7.89. The highest BCUT2D eigenvalue weighted by atomic mass is 32.2. The molecule has 0 fully saturated rings. The fraction of sp³-hybridized carbons (Fsp3) is 0.667. The van der Waals surface area contributed by atoms with Crippen molar-refractivity contribution in [1.29, 1.82) is 0 Å². The van der Waals surface area contributed by atoms with E-state index in [0.29, 0.717) is 18.0 Å². The molecule has 0 radical (unpaired) electrons. The van der Waals surface area contributed by atoms with Gasteiger partial charge in [0.2, 0.25) is 10.0 Å². The molecular formula is C12H23N3O2S. The van der Waals surface area contributed by atoms with Gasteiger partial charge in [0.05, 0.1) is 4.90 Å². The van der Waals surface area contributed by atoms with Crippen molar-refractivity contribution in [3.63, 3.8) is 0 Å². The molecule has 0 aliphatic carbocycles. The van der Waals surface area contributed by atoms with E-state index in [4.69, 9.17) is 0 Å². The molecule has 1 rings (SSSR count). The summed E-state index contributed by atoms with van der Waals surface area (Å²) >= 11 is 0. The Kier molecular flexibility index (Phi) is 4.58. The summed E-state index contributed by atoms with van der Waals surface area (Å²) in [4.78, 5) is 0.319. The van der Waals surface area contributed by atoms with E-state index in [1.165, 1.54) is 0 Å². The SMILES string of the molecule is CNCc1cc(S(=O)(=O)NCC(C)(C)C)cn1C. The molecule has 0 atom stereocenters. The molecule has 0 aliphatic heterocycles. The maximum absolute atomic E-state index is 12.1. The summed E-state index contributed by atoms with van der Waals surface area (Å²) in [7, 11) is 0.263. The van der Waals surface area contributed by atoms with Crippen LogP contribution in [-0.4, -0.2) is 26.6 Å². The molecule has 0 unspecified atom stereocenters. The third-order valence-corrected chi connectivity index (χ3v) is 3.91. The smallest absolute Gasteiger partial charge is 0.242 e. The number of sulfonamides is 1. The van der Waals surface area contributed by atoms with Gasteiger partial charge in [-0.05, 0) is 18.5 Å². The number of hydrogen-bond acceptors (Lipinski definition) is 3. The van der Waals surface area contributed by atoms with E-state index in [2.05, 4.69) is 10.0 Å². The number of aryl methyl sites for hydroxylation is 1. The summed E-state index contributed by atoms with van der Waals surface area (Å²) in [5.74, 6) is 0. The first kappa shape index (κ1) is 15.2. The second kappa shape index (κ2) is 5.42. The van der Waals surface area contributed by atoms with Crippen LogP contribution < -0.4 is 10.0 Å². The molecule has 0 aliphatic rings. The first-order chi connectivity index (χ1) is 8.15. The van der Waals surface area contributed by atoms with Crippen LogP contribution in [0.15, 0.2) is 17.2 Å². The van der Waals surface area contributed by atoms with Gasteiger partial charge >= 0.3 is 0 Å². The number of hydrogen-bond donors (Lipinski definition) is 2. The quantitative estimate of drug-likeness (QED) is 0.843. The molecule has 0 amide bonds. The predicted octanol–water partition coefficient (Wildman–Crippen LogP) is 1.07. The molecule has 0 saturated heterocycles. The summed E-state index contributed by atoms with van der Waals surface area (Å²) < 4.78 is 28.7. The molecule has 2 N–H and O–H groups in total. The van der Waals surface area contributed by atoms with E-state index >= 15 is 0 Å². The molecule has 6 heteroatoms. The van der Waals surface area contributed by atoms with Gasteiger partial charge in [0, 0.05) is 32.0 Å². The standard InChI is InChI=1S/C12H23N3O2S/c1-12(2,3)9-14-18(16,17)11-6-10(7-13-4)15(5)8-11/h6,8,13-14H,7,9H2,1-5H3. The predicted molar refractivity (Wildman–Crippen MR) is 72.8 cm³/mol. The molecule has 104 valence electrons. The van der Waals surface area contributed by atoms with Gasteiger partial charge in [-0.2, -0.15) is 0 Å². The van der Waals surface area contributed by atoms with Crippen molar-refractivity contribution in [2.24, 2.45) is 12.5 Å². The van der Waals surface area contributed by atoms with Crippen LogP contribution in [0.5, 0.6) is 0 Å². The first-order valence-corrected chi connectivity index (χ1v) is 7.43. The van der Waals surface area contributed by atoms with Crippen LogP contribution in [0.2, 0.25) is 0 Å². The average Bonchev–Trinajstić information content (AvgIpc) is 2.58. The van der Waals surface area contributed by atoms with Gasteiger partial charge in [-0.3, -0.25) is 0 Å². The second-order valence-corrected chi connectivity index (χ2v) is 7.46. The number of rotatable bonds is 5. The third kappa shape index (κ3) is 4.12. The number of nitrogens with one attached hydrogen (secondary N) is 2. The molecule has 1 aromatic rings. The van der Waals surface area contributed by atoms with Crippen LogP contribution in [0.1, 0.15) is 26.5 Å². The lowest BCUT2D eigenvalue weighted by molar-refractivity contribution is 0.407. The molecule has 0 spiro atoms. The molecule has 5 nitrogen and oxygen atoms in total. The summed E-state index contributed by atoms with van der Waals surface area (Å²) in [6.45, 7) is 7.05. The van der Waals surface area contributed by atoms with Crippen LogP contribution >= 0.6 is 0 Å². The van der Waals surface area contributed by atoms with E-state index < -0.39 is 10.0 Å². The van der Waals surface area contributed by atoms with Gasteiger partial charge in [-0.25, -0.2) is 13.1 Å². The molecular weight excluding hydrogens is 250 g/mol. The topological polar surface area (TPSA) is 63.1 Å². The van der Waals surface area contributed by atoms with Crippen LogP contribution in [0.4, 0.5) is 0 Å². The van der Waals surface area contributed by atoms with Gasteiger partial charge in [0.15, 0.2) is 0 Å². The Morgan fingerprint density at radius 3 is 2.44 bits per heavy atom. The Hall–Kier alpha value is -0.850. The minimum absolute atomic E-state index is 0.0738. The van der Waals surface area contributed by atoms with Gasteiger partial charge in [0.1, 0.15) is 0 Å². The molecule has 0 saturated carbocycles. The van der Waals surface area contributed by atoms with Gasteiger partial charge < -0.3 is 9.88 Å². The lowest BCUT2D eigenvalue weighted by Gasteiger charge is -2.18. The summed E-state index contributed by atoms with van der Waals surface area (Å²) in [6.07, 6.45) is 1.64. The summed E-state index contributed by atoms with van der Waals surface area (Å²) in [5, 5.41) is 3.01. The van der Waals surface area contributed by atoms with E-state index in [9.17, 15) is 8.42 Å². The van der Waals surface area contributed by atoms with Gasteiger partial charge in [-0.1, -0.05) is 20.8 Å². The summed E-state index contributed by atoms with van der Waals surface area (Å²) in [5.41, 5.74) is 0.865. The van der Waals surface area contributed by atoms with Gasteiger partial charge in [0.25, 0.3) is 0 Å². The van der Waals surface area contributed by atoms with Crippen molar-refractivity contribution in [1.82, 2.24) is 14.6 Å². The van der Waals surface area contributed by atoms with E-state index in [1.54, 1.807) is 12.3 Å². The molecule has 1 heterocycles. The molecule has 18 heavy (non-hydrogen) atoms. The maximum atomic E-state index is 12.1. The average molecular weight is 273 g/mol. The lowest BCUT2D eigenvalue weighted by Crippen LogP contribution is -2.32. The Balaban J connectivity index is 2.88. The molecule has 0 bridgehead atoms. The van der Waals surface area contributed by atoms with Crippen molar-refractivity contribution in [3.8, 4) is 0 Å². The Morgan fingerprint density at radius 1 is 1.33 bits per heavy atom. The fourth-order valence-electron chi connectivity index (χ4n) is 1.48. The second-order valence-electron chi connectivity index (χ2n) is 5.69. The van der Waals surface area contributed by atoms with Crippen molar-refractivity contribution in [2.75, 3.05) is 13.6 Å². The van der Waals surface area contributed by atoms with E-state index in [0.717, 1.165) is 5.69 Å². The van der Waals surface area contributed by atoms with Crippen molar-refractivity contribution >= 4 is 10.0 Å². The van der Waals surface area contributed by atoms with Crippen LogP contribution in [0.25, 0.3) is 0 Å². The largest absolute Gasteiger partial charge is 0.352 e. The number of aromatic nitrogens is 1. The molecule has 0 aromatic carbocycles. The van der Waals surface area contributed by atoms with Crippen molar-refractivity contribution in [3.05, 3.63) is 18.0 Å². The van der Waals surface area contributed by atoms with Crippen LogP contribution in [0.3, 0.4) is 0 Å². The van der Waals surface area contributed by atoms with E-state index in [-0.39, 0.29) is 5.41 Å². The zero-order valence-electron chi connectivity index (χ0n) is 11.7. The van der Waals surface area contributed by atoms with Crippen molar-refractivity contribution in [2.45, 2.75) is 32.2 Å². The molecule has 1 aromatic heterocycles.